The molecule has 8 N–H and O–H groups in total. The standard InChI is InChI=1S/C10H16N2O8.Cu.2H3N/c1-7(13)17-11(18-8(2)14)5-6-12(19-9(3)15)20-10(4)16;;;/h5-6H2,1-4H3;;2*1H3/q;+2;;/p+2. The Balaban J connectivity index is -0.000000602. The zero-order valence-electron chi connectivity index (χ0n) is 13.9. The third-order valence-electron chi connectivity index (χ3n) is 1.39. The second kappa shape index (κ2) is 15.1. The van der Waals surface area contributed by atoms with Crippen LogP contribution in [0, 0.1) is 0 Å². The minimum Gasteiger partial charge on any atom is -0.369 e. The van der Waals surface area contributed by atoms with Gasteiger partial charge in [-0.25, -0.2) is 0 Å². The van der Waals surface area contributed by atoms with Crippen molar-refractivity contribution in [2.24, 2.45) is 0 Å². The Labute approximate surface area is 143 Å². The summed E-state index contributed by atoms with van der Waals surface area (Å²) in [5, 5.41) is 1.15. The Bertz CT molecular complexity index is 327. The molecule has 1 radical (unpaired) electrons. The van der Waals surface area contributed by atoms with Crippen LogP contribution in [0.3, 0.4) is 0 Å². The van der Waals surface area contributed by atoms with Crippen molar-refractivity contribution in [3.05, 3.63) is 0 Å². The van der Waals surface area contributed by atoms with Crippen molar-refractivity contribution >= 4 is 23.9 Å². The molecule has 0 rings (SSSR count). The van der Waals surface area contributed by atoms with E-state index in [0.717, 1.165) is 27.7 Å². The van der Waals surface area contributed by atoms with Crippen LogP contribution in [-0.4, -0.2) is 47.4 Å². The van der Waals surface area contributed by atoms with E-state index in [1.807, 2.05) is 0 Å². The third-order valence-corrected chi connectivity index (χ3v) is 1.39. The molecule has 0 spiro atoms. The Morgan fingerprint density at radius 3 is 0.913 bits per heavy atom. The zero-order valence-corrected chi connectivity index (χ0v) is 14.8. The first-order valence-electron chi connectivity index (χ1n) is 5.50. The summed E-state index contributed by atoms with van der Waals surface area (Å²) in [6.45, 7) is 3.97. The number of rotatable bonds is 7. The van der Waals surface area contributed by atoms with Crippen LogP contribution in [-0.2, 0) is 55.6 Å². The van der Waals surface area contributed by atoms with E-state index in [0.29, 0.717) is 10.5 Å². The van der Waals surface area contributed by atoms with Crippen LogP contribution in [0.5, 0.6) is 0 Å². The first kappa shape index (κ1) is 29.3. The van der Waals surface area contributed by atoms with Crippen LogP contribution in [0.1, 0.15) is 27.7 Å². The van der Waals surface area contributed by atoms with Crippen LogP contribution >= 0.6 is 0 Å². The second-order valence-electron chi connectivity index (χ2n) is 3.44. The second-order valence-corrected chi connectivity index (χ2v) is 3.44. The van der Waals surface area contributed by atoms with Crippen molar-refractivity contribution in [3.8, 4) is 0 Å². The van der Waals surface area contributed by atoms with E-state index in [4.69, 9.17) is 0 Å². The molecule has 139 valence electrons. The first-order chi connectivity index (χ1) is 9.20. The van der Waals surface area contributed by atoms with E-state index >= 15 is 0 Å². The summed E-state index contributed by atoms with van der Waals surface area (Å²) in [6.07, 6.45) is 0. The van der Waals surface area contributed by atoms with Gasteiger partial charge in [-0.15, -0.1) is 0 Å². The number of nitrogens with zero attached hydrogens (tertiary/aromatic N) is 2. The molecule has 0 unspecified atom stereocenters. The summed E-state index contributed by atoms with van der Waals surface area (Å²) in [7, 11) is 0. The van der Waals surface area contributed by atoms with Gasteiger partial charge in [-0.1, -0.05) is 0 Å². The minimum absolute atomic E-state index is 0. The maximum absolute atomic E-state index is 10.8. The molecule has 0 aliphatic heterocycles. The van der Waals surface area contributed by atoms with E-state index in [-0.39, 0.29) is 42.5 Å². The Morgan fingerprint density at radius 1 is 0.609 bits per heavy atom. The molecule has 0 aromatic heterocycles. The molecular formula is C10H24CuN4O8+4. The topological polar surface area (TPSA) is 185 Å². The molecule has 0 amide bonds. The van der Waals surface area contributed by atoms with Crippen molar-refractivity contribution in [3.63, 3.8) is 0 Å². The summed E-state index contributed by atoms with van der Waals surface area (Å²) >= 11 is 0. The van der Waals surface area contributed by atoms with Crippen LogP contribution in [0.2, 0.25) is 0 Å². The van der Waals surface area contributed by atoms with Crippen molar-refractivity contribution < 1.29 is 55.6 Å². The van der Waals surface area contributed by atoms with Crippen LogP contribution < -0.4 is 12.3 Å². The summed E-state index contributed by atoms with van der Waals surface area (Å²) in [5.74, 6) is -2.90. The molecule has 0 atom stereocenters. The van der Waals surface area contributed by atoms with Crippen molar-refractivity contribution in [1.82, 2.24) is 22.8 Å². The number of quaternary nitrogens is 2. The van der Waals surface area contributed by atoms with E-state index < -0.39 is 23.9 Å². The average molecular weight is 392 g/mol. The molecule has 0 fully saturated rings. The first-order valence-corrected chi connectivity index (χ1v) is 5.50. The summed E-state index contributed by atoms with van der Waals surface area (Å²) in [5.41, 5.74) is 0. The van der Waals surface area contributed by atoms with Crippen molar-refractivity contribution in [2.75, 3.05) is 13.1 Å². The number of hydrogen-bond acceptors (Lipinski definition) is 10. The minimum atomic E-state index is -0.724. The number of carbonyl (C=O) groups is 4. The summed E-state index contributed by atoms with van der Waals surface area (Å²) in [6, 6.07) is 0. The van der Waals surface area contributed by atoms with Gasteiger partial charge in [0.05, 0.1) is 13.1 Å². The molecule has 0 aromatic carbocycles. The Kier molecular flexibility index (Phi) is 19.3. The maximum atomic E-state index is 10.8. The summed E-state index contributed by atoms with van der Waals surface area (Å²) in [4.78, 5) is 61.4. The van der Waals surface area contributed by atoms with Crippen molar-refractivity contribution in [2.45, 2.75) is 27.7 Å². The molecule has 0 heterocycles. The molecule has 0 aromatic rings. The monoisotopic (exact) mass is 391 g/mol. The zero-order chi connectivity index (χ0) is 15.7. The molecule has 13 heteroatoms. The van der Waals surface area contributed by atoms with Crippen LogP contribution in [0.25, 0.3) is 0 Å². The predicted octanol–water partition coefficient (Wildman–Crippen LogP) is 0.253. The van der Waals surface area contributed by atoms with Gasteiger partial charge in [-0.2, -0.15) is 0 Å². The van der Waals surface area contributed by atoms with Gasteiger partial charge in [0.25, 0.3) is 0 Å². The van der Waals surface area contributed by atoms with Crippen LogP contribution in [0.4, 0.5) is 0 Å². The molecule has 0 aliphatic rings. The SMILES string of the molecule is CC(=O)ON(CCN(OC(C)=O)OC(C)=O)OC(C)=O.[Cu+2].[NH4+].[NH4+]. The molecule has 0 saturated carbocycles. The maximum Gasteiger partial charge on any atom is 2.00 e. The van der Waals surface area contributed by atoms with E-state index in [2.05, 4.69) is 19.4 Å². The van der Waals surface area contributed by atoms with Crippen molar-refractivity contribution in [1.29, 1.82) is 0 Å². The molecular weight excluding hydrogens is 368 g/mol. The fraction of sp³-hybridized carbons (Fsp3) is 0.600. The van der Waals surface area contributed by atoms with Gasteiger partial charge in [0, 0.05) is 38.1 Å². The normalized spacial score (nSPS) is 8.78. The molecule has 0 bridgehead atoms. The van der Waals surface area contributed by atoms with Gasteiger partial charge in [-0.05, 0) is 0 Å². The predicted molar refractivity (Wildman–Crippen MR) is 72.4 cm³/mol. The quantitative estimate of drug-likeness (QED) is 0.450. The van der Waals surface area contributed by atoms with Gasteiger partial charge in [-0.3, -0.25) is 19.2 Å². The Morgan fingerprint density at radius 2 is 0.783 bits per heavy atom. The fourth-order valence-electron chi connectivity index (χ4n) is 0.957. The smallest absolute Gasteiger partial charge is 0.369 e. The number of carbonyl (C=O) groups excluding carboxylic acids is 4. The van der Waals surface area contributed by atoms with E-state index in [1.54, 1.807) is 0 Å². The molecule has 23 heavy (non-hydrogen) atoms. The number of hydroxylamine groups is 4. The molecule has 12 nitrogen and oxygen atoms in total. The van der Waals surface area contributed by atoms with Crippen LogP contribution in [0.15, 0.2) is 0 Å². The number of hydrogen-bond donors (Lipinski definition) is 2. The van der Waals surface area contributed by atoms with Gasteiger partial charge in [0.2, 0.25) is 0 Å². The largest absolute Gasteiger partial charge is 2.00 e. The third kappa shape index (κ3) is 18.2. The average Bonchev–Trinajstić information content (AvgIpc) is 2.22. The van der Waals surface area contributed by atoms with Gasteiger partial charge in [0.15, 0.2) is 0 Å². The summed E-state index contributed by atoms with van der Waals surface area (Å²) < 4.78 is 0. The Hall–Kier alpha value is -1.76. The molecule has 0 aliphatic carbocycles. The molecule has 0 saturated heterocycles. The van der Waals surface area contributed by atoms with E-state index in [9.17, 15) is 19.2 Å². The van der Waals surface area contributed by atoms with Gasteiger partial charge < -0.3 is 31.7 Å². The fourth-order valence-corrected chi connectivity index (χ4v) is 0.957. The van der Waals surface area contributed by atoms with Gasteiger partial charge >= 0.3 is 40.9 Å². The van der Waals surface area contributed by atoms with E-state index in [1.165, 1.54) is 0 Å². The van der Waals surface area contributed by atoms with Gasteiger partial charge in [0.1, 0.15) is 0 Å².